The summed E-state index contributed by atoms with van der Waals surface area (Å²) < 4.78 is 0.848. The molecule has 0 bridgehead atoms. The summed E-state index contributed by atoms with van der Waals surface area (Å²) in [6.45, 7) is 2.27. The number of hydrogen-bond donors (Lipinski definition) is 1. The fourth-order valence-corrected chi connectivity index (χ4v) is 3.37. The van der Waals surface area contributed by atoms with Gasteiger partial charge in [0.25, 0.3) is 5.91 Å². The first-order valence-corrected chi connectivity index (χ1v) is 7.60. The number of nitrogen functional groups attached to an aromatic ring is 1. The van der Waals surface area contributed by atoms with Crippen LogP contribution in [0.15, 0.2) is 22.7 Å². The summed E-state index contributed by atoms with van der Waals surface area (Å²) in [6.07, 6.45) is 4.70. The Labute approximate surface area is 123 Å². The quantitative estimate of drug-likeness (QED) is 0.843. The number of benzene rings is 1. The molecule has 0 radical (unpaired) electrons. The molecule has 1 aliphatic rings. The van der Waals surface area contributed by atoms with E-state index in [-0.39, 0.29) is 5.91 Å². The molecule has 2 unspecified atom stereocenters. The SMILES string of the molecule is CC1CCCC(N(C)C(=O)c2cc(N)cc(Br)c2)C1. The van der Waals surface area contributed by atoms with Crippen molar-refractivity contribution in [3.63, 3.8) is 0 Å². The number of anilines is 1. The average molecular weight is 325 g/mol. The molecule has 2 atom stereocenters. The first-order valence-electron chi connectivity index (χ1n) is 6.80. The van der Waals surface area contributed by atoms with Crippen LogP contribution in [0.2, 0.25) is 0 Å². The Morgan fingerprint density at radius 1 is 1.37 bits per heavy atom. The number of halogens is 1. The molecule has 2 N–H and O–H groups in total. The second kappa shape index (κ2) is 5.95. The summed E-state index contributed by atoms with van der Waals surface area (Å²) in [5, 5.41) is 0. The van der Waals surface area contributed by atoms with E-state index < -0.39 is 0 Å². The molecule has 1 aromatic carbocycles. The van der Waals surface area contributed by atoms with Crippen LogP contribution in [0, 0.1) is 5.92 Å². The highest BCUT2D eigenvalue weighted by molar-refractivity contribution is 9.10. The van der Waals surface area contributed by atoms with Gasteiger partial charge in [-0.3, -0.25) is 4.79 Å². The summed E-state index contributed by atoms with van der Waals surface area (Å²) in [5.74, 6) is 0.772. The molecule has 0 aromatic heterocycles. The maximum atomic E-state index is 12.5. The van der Waals surface area contributed by atoms with E-state index in [0.29, 0.717) is 23.2 Å². The van der Waals surface area contributed by atoms with E-state index in [1.54, 1.807) is 12.1 Å². The van der Waals surface area contributed by atoms with Crippen molar-refractivity contribution < 1.29 is 4.79 Å². The molecule has 0 heterocycles. The van der Waals surface area contributed by atoms with Gasteiger partial charge in [0.1, 0.15) is 0 Å². The first-order chi connectivity index (χ1) is 8.97. The monoisotopic (exact) mass is 324 g/mol. The van der Waals surface area contributed by atoms with E-state index in [2.05, 4.69) is 22.9 Å². The smallest absolute Gasteiger partial charge is 0.253 e. The molecule has 1 aromatic rings. The fraction of sp³-hybridized carbons (Fsp3) is 0.533. The standard InChI is InChI=1S/C15H21BrN2O/c1-10-4-3-5-14(6-10)18(2)15(19)11-7-12(16)9-13(17)8-11/h7-10,14H,3-6,17H2,1-2H3. The predicted molar refractivity (Wildman–Crippen MR) is 82.1 cm³/mol. The minimum absolute atomic E-state index is 0.0621. The van der Waals surface area contributed by atoms with Gasteiger partial charge >= 0.3 is 0 Å². The molecule has 1 saturated carbocycles. The topological polar surface area (TPSA) is 46.3 Å². The van der Waals surface area contributed by atoms with Gasteiger partial charge in [0, 0.05) is 28.8 Å². The van der Waals surface area contributed by atoms with E-state index in [0.717, 1.165) is 17.3 Å². The van der Waals surface area contributed by atoms with E-state index in [1.807, 2.05) is 18.0 Å². The normalized spacial score (nSPS) is 23.1. The van der Waals surface area contributed by atoms with Gasteiger partial charge in [0.15, 0.2) is 0 Å². The highest BCUT2D eigenvalue weighted by atomic mass is 79.9. The van der Waals surface area contributed by atoms with Gasteiger partial charge in [0.05, 0.1) is 0 Å². The van der Waals surface area contributed by atoms with E-state index in [4.69, 9.17) is 5.73 Å². The number of amides is 1. The number of hydrogen-bond acceptors (Lipinski definition) is 2. The minimum atomic E-state index is 0.0621. The molecule has 3 nitrogen and oxygen atoms in total. The van der Waals surface area contributed by atoms with Gasteiger partial charge in [-0.2, -0.15) is 0 Å². The van der Waals surface area contributed by atoms with Gasteiger partial charge < -0.3 is 10.6 Å². The molecule has 0 aliphatic heterocycles. The lowest BCUT2D eigenvalue weighted by molar-refractivity contribution is 0.0672. The van der Waals surface area contributed by atoms with E-state index >= 15 is 0 Å². The lowest BCUT2D eigenvalue weighted by atomic mass is 9.86. The zero-order valence-corrected chi connectivity index (χ0v) is 13.1. The molecular formula is C15H21BrN2O. The summed E-state index contributed by atoms with van der Waals surface area (Å²) in [7, 11) is 1.90. The Hall–Kier alpha value is -1.03. The van der Waals surface area contributed by atoms with Crippen LogP contribution in [0.4, 0.5) is 5.69 Å². The molecule has 19 heavy (non-hydrogen) atoms. The van der Waals surface area contributed by atoms with Crippen LogP contribution < -0.4 is 5.73 Å². The Kier molecular flexibility index (Phi) is 4.50. The Morgan fingerprint density at radius 3 is 2.74 bits per heavy atom. The fourth-order valence-electron chi connectivity index (χ4n) is 2.86. The lowest BCUT2D eigenvalue weighted by Gasteiger charge is -2.34. The predicted octanol–water partition coefficient (Wildman–Crippen LogP) is 3.68. The Balaban J connectivity index is 2.13. The third kappa shape index (κ3) is 3.50. The Bertz CT molecular complexity index is 455. The van der Waals surface area contributed by atoms with Crippen LogP contribution in [0.3, 0.4) is 0 Å². The zero-order valence-electron chi connectivity index (χ0n) is 11.5. The maximum absolute atomic E-state index is 12.5. The van der Waals surface area contributed by atoms with Crippen molar-refractivity contribution in [2.75, 3.05) is 12.8 Å². The summed E-state index contributed by atoms with van der Waals surface area (Å²) in [5.41, 5.74) is 7.07. The second-order valence-electron chi connectivity index (χ2n) is 5.61. The largest absolute Gasteiger partial charge is 0.399 e. The zero-order chi connectivity index (χ0) is 14.0. The molecule has 2 rings (SSSR count). The molecule has 1 amide bonds. The van der Waals surface area contributed by atoms with E-state index in [1.165, 1.54) is 12.8 Å². The average Bonchev–Trinajstić information content (AvgIpc) is 2.36. The third-order valence-electron chi connectivity index (χ3n) is 3.94. The molecule has 1 fully saturated rings. The summed E-state index contributed by atoms with van der Waals surface area (Å²) in [6, 6.07) is 5.74. The van der Waals surface area contributed by atoms with Crippen molar-refractivity contribution in [3.05, 3.63) is 28.2 Å². The maximum Gasteiger partial charge on any atom is 0.253 e. The minimum Gasteiger partial charge on any atom is -0.399 e. The molecule has 4 heteroatoms. The summed E-state index contributed by atoms with van der Waals surface area (Å²) >= 11 is 3.39. The number of nitrogens with two attached hydrogens (primary N) is 1. The molecular weight excluding hydrogens is 304 g/mol. The van der Waals surface area contributed by atoms with Gasteiger partial charge in [-0.15, -0.1) is 0 Å². The second-order valence-corrected chi connectivity index (χ2v) is 6.53. The van der Waals surface area contributed by atoms with Crippen LogP contribution in [0.25, 0.3) is 0 Å². The third-order valence-corrected chi connectivity index (χ3v) is 4.40. The first kappa shape index (κ1) is 14.4. The highest BCUT2D eigenvalue weighted by Gasteiger charge is 2.26. The van der Waals surface area contributed by atoms with Gasteiger partial charge in [-0.25, -0.2) is 0 Å². The van der Waals surface area contributed by atoms with Crippen molar-refractivity contribution in [2.45, 2.75) is 38.6 Å². The molecule has 0 saturated heterocycles. The molecule has 104 valence electrons. The van der Waals surface area contributed by atoms with Crippen LogP contribution in [0.5, 0.6) is 0 Å². The van der Waals surface area contributed by atoms with Crippen LogP contribution in [-0.2, 0) is 0 Å². The Morgan fingerprint density at radius 2 is 2.11 bits per heavy atom. The summed E-state index contributed by atoms with van der Waals surface area (Å²) in [4.78, 5) is 14.4. The van der Waals surface area contributed by atoms with Crippen molar-refractivity contribution in [2.24, 2.45) is 5.92 Å². The lowest BCUT2D eigenvalue weighted by Crippen LogP contribution is -2.39. The molecule has 0 spiro atoms. The van der Waals surface area contributed by atoms with Gasteiger partial charge in [-0.1, -0.05) is 35.7 Å². The number of rotatable bonds is 2. The molecule has 1 aliphatic carbocycles. The number of nitrogens with zero attached hydrogens (tertiary/aromatic N) is 1. The van der Waals surface area contributed by atoms with Crippen LogP contribution in [-0.4, -0.2) is 23.9 Å². The van der Waals surface area contributed by atoms with Crippen molar-refractivity contribution in [1.82, 2.24) is 4.90 Å². The van der Waals surface area contributed by atoms with Crippen molar-refractivity contribution in [3.8, 4) is 0 Å². The number of carbonyl (C=O) groups excluding carboxylic acids is 1. The van der Waals surface area contributed by atoms with Crippen LogP contribution >= 0.6 is 15.9 Å². The van der Waals surface area contributed by atoms with Gasteiger partial charge in [0.2, 0.25) is 0 Å². The van der Waals surface area contributed by atoms with E-state index in [9.17, 15) is 4.79 Å². The van der Waals surface area contributed by atoms with Gasteiger partial charge in [-0.05, 0) is 37.0 Å². The number of carbonyl (C=O) groups is 1. The van der Waals surface area contributed by atoms with Crippen molar-refractivity contribution in [1.29, 1.82) is 0 Å². The van der Waals surface area contributed by atoms with Crippen molar-refractivity contribution >= 4 is 27.5 Å². The highest BCUT2D eigenvalue weighted by Crippen LogP contribution is 2.28. The van der Waals surface area contributed by atoms with Crippen LogP contribution in [0.1, 0.15) is 43.0 Å².